The van der Waals surface area contributed by atoms with E-state index in [1.807, 2.05) is 126 Å². The van der Waals surface area contributed by atoms with Crippen LogP contribution in [0, 0.1) is 45.3 Å². The van der Waals surface area contributed by atoms with Crippen LogP contribution in [-0.2, 0) is 0 Å². The zero-order valence-corrected chi connectivity index (χ0v) is 32.7. The Morgan fingerprint density at radius 1 is 0.387 bits per heavy atom. The predicted octanol–water partition coefficient (Wildman–Crippen LogP) is 11.7. The second kappa shape index (κ2) is 14.8. The summed E-state index contributed by atoms with van der Waals surface area (Å²) in [4.78, 5) is 31.6. The van der Waals surface area contributed by atoms with E-state index in [0.717, 1.165) is 33.0 Å². The van der Waals surface area contributed by atoms with Crippen LogP contribution < -0.4 is 4.90 Å². The van der Waals surface area contributed by atoms with E-state index in [9.17, 15) is 25.8 Å². The topological polar surface area (TPSA) is 137 Å². The Bertz CT molecular complexity index is 3370. The van der Waals surface area contributed by atoms with E-state index in [1.54, 1.807) is 48.5 Å². The lowest BCUT2D eigenvalue weighted by Gasteiger charge is -2.23. The summed E-state index contributed by atoms with van der Waals surface area (Å²) in [5, 5.41) is 41.1. The average Bonchev–Trinajstić information content (AvgIpc) is 3.79. The Kier molecular flexibility index (Phi) is 8.82. The normalized spacial score (nSPS) is 11.8. The summed E-state index contributed by atoms with van der Waals surface area (Å²) in [5.74, 6) is -0.941. The minimum atomic E-state index is -0.485. The highest BCUT2D eigenvalue weighted by Gasteiger charge is 2.41. The number of carbonyl (C=O) groups excluding carboxylic acids is 2. The number of nitrogens with zero attached hydrogens (tertiary/aromatic N) is 6. The molecule has 0 atom stereocenters. The number of benzene rings is 8. The molecule has 0 saturated heterocycles. The number of para-hydroxylation sites is 1. The van der Waals surface area contributed by atoms with Crippen molar-refractivity contribution < 1.29 is 9.59 Å². The molecular formula is C54H28N6O2. The lowest BCUT2D eigenvalue weighted by Crippen LogP contribution is -2.30. The number of carbonyl (C=O) groups is 2. The van der Waals surface area contributed by atoms with E-state index in [4.69, 9.17) is 0 Å². The van der Waals surface area contributed by atoms with Crippen molar-refractivity contribution in [3.63, 3.8) is 0 Å². The zero-order chi connectivity index (χ0) is 42.5. The van der Waals surface area contributed by atoms with Gasteiger partial charge in [-0.15, -0.1) is 0 Å². The lowest BCUT2D eigenvalue weighted by atomic mass is 9.95. The van der Waals surface area contributed by atoms with Gasteiger partial charge in [-0.2, -0.15) is 21.0 Å². The first-order valence-corrected chi connectivity index (χ1v) is 19.7. The van der Waals surface area contributed by atoms with Crippen molar-refractivity contribution in [1.82, 2.24) is 4.57 Å². The van der Waals surface area contributed by atoms with Gasteiger partial charge >= 0.3 is 0 Å². The minimum absolute atomic E-state index is 0.223. The Morgan fingerprint density at radius 3 is 1.35 bits per heavy atom. The second-order valence-corrected chi connectivity index (χ2v) is 14.8. The molecule has 9 aromatic rings. The number of hydrogen-bond acceptors (Lipinski definition) is 6. The van der Waals surface area contributed by atoms with Crippen molar-refractivity contribution in [3.05, 3.63) is 203 Å². The first-order chi connectivity index (χ1) is 30.4. The van der Waals surface area contributed by atoms with E-state index in [1.165, 1.54) is 4.90 Å². The van der Waals surface area contributed by atoms with Crippen LogP contribution in [0.25, 0.3) is 72.0 Å². The fraction of sp³-hybridized carbons (Fsp3) is 0. The number of hydrogen-bond donors (Lipinski definition) is 0. The highest BCUT2D eigenvalue weighted by molar-refractivity contribution is 6.37. The third-order valence-electron chi connectivity index (χ3n) is 11.5. The van der Waals surface area contributed by atoms with Crippen LogP contribution in [0.2, 0.25) is 0 Å². The maximum Gasteiger partial charge on any atom is 0.268 e. The maximum atomic E-state index is 15.4. The van der Waals surface area contributed by atoms with Crippen molar-refractivity contribution in [3.8, 4) is 74.5 Å². The Hall–Kier alpha value is -9.34. The molecule has 0 unspecified atom stereocenters. The Balaban J connectivity index is 1.24. The van der Waals surface area contributed by atoms with E-state index in [0.29, 0.717) is 66.9 Å². The van der Waals surface area contributed by atoms with E-state index in [2.05, 4.69) is 24.3 Å². The molecule has 8 aromatic carbocycles. The standard InChI is InChI=1S/C54H28N6O2/c55-29-33-17-21-41(39(25-33)31-57)37-19-23-45-46-24-20-38(42-22-18-34(30-56)26-40(42)32-58)28-50(46)59(49(45)27-37)48-16-8-15-47-51(48)54(62)60(53(47)61)52-43(35-9-3-1-4-10-35)13-7-14-44(52)36-11-5-2-6-12-36/h1-28H. The molecule has 0 radical (unpaired) electrons. The highest BCUT2D eigenvalue weighted by atomic mass is 16.2. The SMILES string of the molecule is N#Cc1ccc(-c2ccc3c4ccc(-c5ccc(C#N)cc5C#N)cc4n(-c4cccc5c4C(=O)N(c4c(-c6ccccc6)cccc4-c4ccccc4)C5=O)c3c2)c(C#N)c1. The van der Waals surface area contributed by atoms with Crippen LogP contribution >= 0.6 is 0 Å². The van der Waals surface area contributed by atoms with Crippen LogP contribution in [0.1, 0.15) is 43.0 Å². The molecule has 1 aromatic heterocycles. The van der Waals surface area contributed by atoms with E-state index < -0.39 is 11.8 Å². The van der Waals surface area contributed by atoms with Crippen molar-refractivity contribution >= 4 is 39.3 Å². The number of nitriles is 4. The minimum Gasteiger partial charge on any atom is -0.308 e. The summed E-state index contributed by atoms with van der Waals surface area (Å²) >= 11 is 0. The molecule has 10 rings (SSSR count). The monoisotopic (exact) mass is 792 g/mol. The van der Waals surface area contributed by atoms with Gasteiger partial charge < -0.3 is 4.57 Å². The van der Waals surface area contributed by atoms with Crippen molar-refractivity contribution in [2.24, 2.45) is 0 Å². The van der Waals surface area contributed by atoms with E-state index in [-0.39, 0.29) is 11.1 Å². The van der Waals surface area contributed by atoms with Crippen molar-refractivity contribution in [1.29, 1.82) is 21.0 Å². The van der Waals surface area contributed by atoms with Gasteiger partial charge in [-0.3, -0.25) is 9.59 Å². The highest BCUT2D eigenvalue weighted by Crippen LogP contribution is 2.45. The van der Waals surface area contributed by atoms with Crippen LogP contribution in [0.15, 0.2) is 170 Å². The fourth-order valence-electron chi connectivity index (χ4n) is 8.67. The lowest BCUT2D eigenvalue weighted by molar-refractivity contribution is 0.0926. The van der Waals surface area contributed by atoms with Crippen LogP contribution in [-0.4, -0.2) is 16.4 Å². The first kappa shape index (κ1) is 37.0. The van der Waals surface area contributed by atoms with Crippen LogP contribution in [0.3, 0.4) is 0 Å². The number of imide groups is 1. The molecule has 0 spiro atoms. The summed E-state index contributed by atoms with van der Waals surface area (Å²) < 4.78 is 1.97. The number of fused-ring (bicyclic) bond motifs is 4. The molecule has 62 heavy (non-hydrogen) atoms. The van der Waals surface area contributed by atoms with Gasteiger partial charge in [0.2, 0.25) is 0 Å². The van der Waals surface area contributed by atoms with Gasteiger partial charge in [-0.05, 0) is 81.9 Å². The molecule has 0 N–H and O–H groups in total. The molecule has 1 aliphatic rings. The molecule has 8 heteroatoms. The summed E-state index contributed by atoms with van der Waals surface area (Å²) in [6, 6.07) is 60.8. The molecule has 2 heterocycles. The van der Waals surface area contributed by atoms with Gasteiger partial charge in [-0.1, -0.05) is 121 Å². The summed E-state index contributed by atoms with van der Waals surface area (Å²) in [6.07, 6.45) is 0. The zero-order valence-electron chi connectivity index (χ0n) is 32.7. The summed E-state index contributed by atoms with van der Waals surface area (Å²) in [6.45, 7) is 0. The van der Waals surface area contributed by atoms with E-state index >= 15 is 4.79 Å². The summed E-state index contributed by atoms with van der Waals surface area (Å²) in [5.41, 5.74) is 10.0. The fourth-order valence-corrected chi connectivity index (χ4v) is 8.67. The molecule has 286 valence electrons. The van der Waals surface area contributed by atoms with Gasteiger partial charge in [0.15, 0.2) is 0 Å². The van der Waals surface area contributed by atoms with Gasteiger partial charge in [0.05, 0.1) is 80.1 Å². The average molecular weight is 793 g/mol. The molecule has 0 bridgehead atoms. The molecule has 0 saturated carbocycles. The molecule has 0 fully saturated rings. The summed E-state index contributed by atoms with van der Waals surface area (Å²) in [7, 11) is 0. The van der Waals surface area contributed by atoms with Gasteiger partial charge in [0, 0.05) is 21.9 Å². The van der Waals surface area contributed by atoms with Crippen molar-refractivity contribution in [2.75, 3.05) is 4.90 Å². The number of anilines is 1. The van der Waals surface area contributed by atoms with Crippen molar-refractivity contribution in [2.45, 2.75) is 0 Å². The van der Waals surface area contributed by atoms with Gasteiger partial charge in [0.1, 0.15) is 0 Å². The number of aromatic nitrogens is 1. The number of rotatable bonds is 6. The predicted molar refractivity (Wildman–Crippen MR) is 239 cm³/mol. The molecule has 0 aliphatic carbocycles. The van der Waals surface area contributed by atoms with Crippen LogP contribution in [0.5, 0.6) is 0 Å². The largest absolute Gasteiger partial charge is 0.308 e. The molecule has 8 nitrogen and oxygen atoms in total. The third-order valence-corrected chi connectivity index (χ3v) is 11.5. The van der Waals surface area contributed by atoms with Gasteiger partial charge in [-0.25, -0.2) is 4.90 Å². The molecule has 2 amide bonds. The third kappa shape index (κ3) is 5.81. The Labute approximate surface area is 355 Å². The number of amides is 2. The quantitative estimate of drug-likeness (QED) is 0.154. The van der Waals surface area contributed by atoms with Gasteiger partial charge in [0.25, 0.3) is 11.8 Å². The smallest absolute Gasteiger partial charge is 0.268 e. The molecular weight excluding hydrogens is 765 g/mol. The van der Waals surface area contributed by atoms with Crippen LogP contribution in [0.4, 0.5) is 5.69 Å². The molecule has 1 aliphatic heterocycles. The first-order valence-electron chi connectivity index (χ1n) is 19.7. The maximum absolute atomic E-state index is 15.4. The Morgan fingerprint density at radius 2 is 0.871 bits per heavy atom. The second-order valence-electron chi connectivity index (χ2n) is 14.8.